The van der Waals surface area contributed by atoms with Crippen LogP contribution >= 0.6 is 0 Å². The maximum Gasteiger partial charge on any atom is 0.220 e. The number of amides is 1. The monoisotopic (exact) mass is 1130 g/mol. The van der Waals surface area contributed by atoms with Crippen LogP contribution in [0.1, 0.15) is 354 Å². The van der Waals surface area contributed by atoms with Crippen LogP contribution < -0.4 is 5.32 Å². The van der Waals surface area contributed by atoms with E-state index in [1.807, 2.05) is 6.08 Å². The van der Waals surface area contributed by atoms with Crippen LogP contribution in [0.15, 0.2) is 36.5 Å². The molecule has 0 aromatic carbocycles. The molecule has 1 amide bonds. The Morgan fingerprint density at radius 1 is 0.412 bits per heavy atom. The molecule has 1 fully saturated rings. The molecule has 80 heavy (non-hydrogen) atoms. The largest absolute Gasteiger partial charge is 0.394 e. The van der Waals surface area contributed by atoms with Crippen molar-refractivity contribution in [3.05, 3.63) is 36.5 Å². The molecule has 0 saturated carbocycles. The molecular formula is C71H135NO8. The van der Waals surface area contributed by atoms with Crippen molar-refractivity contribution in [1.82, 2.24) is 5.32 Å². The number of carbonyl (C=O) groups excluding carboxylic acids is 1. The lowest BCUT2D eigenvalue weighted by Crippen LogP contribution is -2.60. The predicted molar refractivity (Wildman–Crippen MR) is 341 cm³/mol. The highest BCUT2D eigenvalue weighted by atomic mass is 16.7. The van der Waals surface area contributed by atoms with Gasteiger partial charge in [-0.25, -0.2) is 0 Å². The van der Waals surface area contributed by atoms with Crippen LogP contribution in [0, 0.1) is 0 Å². The summed E-state index contributed by atoms with van der Waals surface area (Å²) in [6, 6.07) is -0.828. The summed E-state index contributed by atoms with van der Waals surface area (Å²) in [5.74, 6) is -0.183. The summed E-state index contributed by atoms with van der Waals surface area (Å²) >= 11 is 0. The van der Waals surface area contributed by atoms with Crippen LogP contribution in [-0.2, 0) is 14.3 Å². The van der Waals surface area contributed by atoms with Gasteiger partial charge < -0.3 is 40.3 Å². The summed E-state index contributed by atoms with van der Waals surface area (Å²) in [6.07, 6.45) is 74.1. The molecule has 1 aliphatic heterocycles. The average molecular weight is 1130 g/mol. The fourth-order valence-corrected chi connectivity index (χ4v) is 11.4. The van der Waals surface area contributed by atoms with Gasteiger partial charge in [0.05, 0.1) is 25.4 Å². The molecule has 1 saturated heterocycles. The maximum atomic E-state index is 13.1. The average Bonchev–Trinajstić information content (AvgIpc) is 3.50. The molecule has 0 aliphatic carbocycles. The second-order valence-electron chi connectivity index (χ2n) is 24.7. The Kier molecular flexibility index (Phi) is 57.8. The van der Waals surface area contributed by atoms with Crippen molar-refractivity contribution < 1.29 is 39.8 Å². The smallest absolute Gasteiger partial charge is 0.220 e. The highest BCUT2D eigenvalue weighted by molar-refractivity contribution is 5.76. The Morgan fingerprint density at radius 3 is 1.05 bits per heavy atom. The number of nitrogens with one attached hydrogen (secondary N) is 1. The minimum atomic E-state index is -1.57. The lowest BCUT2D eigenvalue weighted by atomic mass is 9.99. The minimum absolute atomic E-state index is 0.183. The van der Waals surface area contributed by atoms with Gasteiger partial charge in [-0.3, -0.25) is 4.79 Å². The van der Waals surface area contributed by atoms with Gasteiger partial charge in [-0.05, 0) is 44.9 Å². The topological polar surface area (TPSA) is 149 Å². The van der Waals surface area contributed by atoms with Crippen molar-refractivity contribution in [3.63, 3.8) is 0 Å². The summed E-state index contributed by atoms with van der Waals surface area (Å²) in [4.78, 5) is 13.1. The van der Waals surface area contributed by atoms with Gasteiger partial charge in [0.15, 0.2) is 6.29 Å². The van der Waals surface area contributed by atoms with Crippen LogP contribution in [0.25, 0.3) is 0 Å². The maximum absolute atomic E-state index is 13.1. The van der Waals surface area contributed by atoms with Gasteiger partial charge in [0.2, 0.25) is 5.91 Å². The number of aliphatic hydroxyl groups is 5. The van der Waals surface area contributed by atoms with E-state index in [-0.39, 0.29) is 12.5 Å². The van der Waals surface area contributed by atoms with Crippen LogP contribution in [0.5, 0.6) is 0 Å². The summed E-state index contributed by atoms with van der Waals surface area (Å²) in [5.41, 5.74) is 0. The molecule has 7 atom stereocenters. The van der Waals surface area contributed by atoms with E-state index in [0.717, 1.165) is 44.9 Å². The Bertz CT molecular complexity index is 1360. The lowest BCUT2D eigenvalue weighted by molar-refractivity contribution is -0.302. The fraction of sp³-hybridized carbons (Fsp3) is 0.901. The Balaban J connectivity index is 2.16. The van der Waals surface area contributed by atoms with E-state index < -0.39 is 49.5 Å². The molecule has 0 radical (unpaired) electrons. The van der Waals surface area contributed by atoms with Crippen LogP contribution in [0.4, 0.5) is 0 Å². The molecule has 1 heterocycles. The van der Waals surface area contributed by atoms with Gasteiger partial charge in [-0.2, -0.15) is 0 Å². The van der Waals surface area contributed by atoms with Crippen LogP contribution in [0.3, 0.4) is 0 Å². The lowest BCUT2D eigenvalue weighted by Gasteiger charge is -2.40. The van der Waals surface area contributed by atoms with E-state index in [1.54, 1.807) is 6.08 Å². The summed E-state index contributed by atoms with van der Waals surface area (Å²) in [7, 11) is 0. The molecule has 9 heteroatoms. The van der Waals surface area contributed by atoms with Crippen LogP contribution in [0.2, 0.25) is 0 Å². The number of aliphatic hydroxyl groups excluding tert-OH is 5. The third kappa shape index (κ3) is 48.7. The predicted octanol–water partition coefficient (Wildman–Crippen LogP) is 19.0. The highest BCUT2D eigenvalue weighted by Gasteiger charge is 2.44. The van der Waals surface area contributed by atoms with Gasteiger partial charge in [0.1, 0.15) is 24.4 Å². The van der Waals surface area contributed by atoms with Crippen molar-refractivity contribution >= 4 is 5.91 Å². The molecule has 0 aromatic heterocycles. The molecule has 0 aromatic rings. The van der Waals surface area contributed by atoms with Gasteiger partial charge in [0.25, 0.3) is 0 Å². The van der Waals surface area contributed by atoms with Gasteiger partial charge in [-0.15, -0.1) is 0 Å². The number of carbonyl (C=O) groups is 1. The summed E-state index contributed by atoms with van der Waals surface area (Å²) in [6.45, 7) is 3.82. The van der Waals surface area contributed by atoms with Gasteiger partial charge in [-0.1, -0.05) is 339 Å². The number of unbranched alkanes of at least 4 members (excludes halogenated alkanes) is 48. The highest BCUT2D eigenvalue weighted by Crippen LogP contribution is 2.23. The number of hydrogen-bond donors (Lipinski definition) is 6. The number of ether oxygens (including phenoxy) is 2. The summed E-state index contributed by atoms with van der Waals surface area (Å²) < 4.78 is 11.3. The normalized spacial score (nSPS) is 18.6. The molecule has 6 N–H and O–H groups in total. The molecule has 472 valence electrons. The van der Waals surface area contributed by atoms with Crippen molar-refractivity contribution in [2.24, 2.45) is 0 Å². The second kappa shape index (κ2) is 60.5. The molecule has 1 aliphatic rings. The fourth-order valence-electron chi connectivity index (χ4n) is 11.4. The zero-order chi connectivity index (χ0) is 57.9. The number of rotatable bonds is 62. The van der Waals surface area contributed by atoms with E-state index in [4.69, 9.17) is 9.47 Å². The first-order valence-electron chi connectivity index (χ1n) is 35.2. The molecular weight excluding hydrogens is 995 g/mol. The van der Waals surface area contributed by atoms with Crippen molar-refractivity contribution in [2.45, 2.75) is 397 Å². The van der Waals surface area contributed by atoms with Gasteiger partial charge >= 0.3 is 0 Å². The number of hydrogen-bond acceptors (Lipinski definition) is 8. The van der Waals surface area contributed by atoms with E-state index >= 15 is 0 Å². The SMILES string of the molecule is CCCCCCCCCCCCCCCCCCCCCCC/C=C/CC/C=C/CC/C=C/C(O)C(COC1OC(CO)C(O)C(O)C1O)NC(=O)CCCCCCCCCCCCCCCCCCCCCCCCCCCC. The molecule has 0 bridgehead atoms. The first-order valence-corrected chi connectivity index (χ1v) is 35.2. The zero-order valence-corrected chi connectivity index (χ0v) is 52.9. The van der Waals surface area contributed by atoms with Crippen LogP contribution in [-0.4, -0.2) is 87.5 Å². The van der Waals surface area contributed by atoms with Crippen molar-refractivity contribution in [2.75, 3.05) is 13.2 Å². The standard InChI is InChI=1S/C71H135NO8/c1-3-5-7-9-11-13-15-17-19-21-23-25-27-29-31-32-33-34-35-36-38-40-42-44-46-48-50-52-54-56-58-60-65(74)64(63-79-71-70(78)69(77)68(76)66(62-73)80-71)72-67(75)61-59-57-55-53-51-49-47-45-43-41-39-37-30-28-26-24-22-20-18-16-14-12-10-8-6-4-2/h42,44,50,52,58,60,64-66,68-71,73-74,76-78H,3-41,43,45-49,51,53-57,59,61-63H2,1-2H3,(H,72,75)/b44-42+,52-50+,60-58+. The van der Waals surface area contributed by atoms with E-state index in [2.05, 4.69) is 43.5 Å². The number of allylic oxidation sites excluding steroid dienone is 5. The van der Waals surface area contributed by atoms with Crippen molar-refractivity contribution in [1.29, 1.82) is 0 Å². The zero-order valence-electron chi connectivity index (χ0n) is 52.9. The Morgan fingerprint density at radius 2 is 0.713 bits per heavy atom. The van der Waals surface area contributed by atoms with E-state index in [0.29, 0.717) is 6.42 Å². The quantitative estimate of drug-likeness (QED) is 0.0261. The second-order valence-corrected chi connectivity index (χ2v) is 24.7. The van der Waals surface area contributed by atoms with E-state index in [9.17, 15) is 30.3 Å². The van der Waals surface area contributed by atoms with Gasteiger partial charge in [0, 0.05) is 6.42 Å². The third-order valence-electron chi connectivity index (χ3n) is 16.9. The molecule has 1 rings (SSSR count). The third-order valence-corrected chi connectivity index (χ3v) is 16.9. The molecule has 7 unspecified atom stereocenters. The molecule has 0 spiro atoms. The van der Waals surface area contributed by atoms with E-state index in [1.165, 1.54) is 289 Å². The first kappa shape index (κ1) is 76.4. The Labute approximate surface area is 495 Å². The Hall–Kier alpha value is -1.59. The minimum Gasteiger partial charge on any atom is -0.394 e. The first-order chi connectivity index (χ1) is 39.3. The summed E-state index contributed by atoms with van der Waals surface area (Å²) in [5, 5.41) is 54.7. The van der Waals surface area contributed by atoms with Crippen molar-refractivity contribution in [3.8, 4) is 0 Å². The molecule has 9 nitrogen and oxygen atoms in total.